The molecule has 10 heteroatoms. The van der Waals surface area contributed by atoms with Crippen LogP contribution in [0.25, 0.3) is 0 Å². The fourth-order valence-corrected chi connectivity index (χ4v) is 4.68. The van der Waals surface area contributed by atoms with Crippen molar-refractivity contribution < 1.29 is 22.7 Å². The summed E-state index contributed by atoms with van der Waals surface area (Å²) in [5.41, 5.74) is 0.353. The van der Waals surface area contributed by atoms with Gasteiger partial charge in [-0.2, -0.15) is 4.31 Å². The van der Waals surface area contributed by atoms with Crippen LogP contribution in [0.1, 0.15) is 10.4 Å². The Kier molecular flexibility index (Phi) is 6.07. The third-order valence-corrected chi connectivity index (χ3v) is 6.64. The van der Waals surface area contributed by atoms with Crippen LogP contribution >= 0.6 is 11.6 Å². The largest absolute Gasteiger partial charge is 0.493 e. The van der Waals surface area contributed by atoms with Crippen LogP contribution in [-0.2, 0) is 10.0 Å². The lowest BCUT2D eigenvalue weighted by Gasteiger charge is -2.34. The molecule has 1 aliphatic rings. The quantitative estimate of drug-likeness (QED) is 0.726. The van der Waals surface area contributed by atoms with Gasteiger partial charge in [0.25, 0.3) is 5.91 Å². The number of amides is 1. The van der Waals surface area contributed by atoms with Crippen molar-refractivity contribution in [2.24, 2.45) is 0 Å². The maximum atomic E-state index is 12.8. The van der Waals surface area contributed by atoms with Crippen molar-refractivity contribution in [3.8, 4) is 11.5 Å². The van der Waals surface area contributed by atoms with Crippen LogP contribution in [0.4, 0.5) is 0 Å². The minimum atomic E-state index is -3.63. The zero-order valence-electron chi connectivity index (χ0n) is 15.5. The summed E-state index contributed by atoms with van der Waals surface area (Å²) in [6, 6.07) is 6.16. The fraction of sp³-hybridized carbons (Fsp3) is 0.333. The number of carbonyl (C=O) groups is 1. The van der Waals surface area contributed by atoms with Crippen molar-refractivity contribution in [1.82, 2.24) is 14.2 Å². The van der Waals surface area contributed by atoms with Gasteiger partial charge < -0.3 is 14.4 Å². The molecule has 28 heavy (non-hydrogen) atoms. The molecule has 0 atom stereocenters. The van der Waals surface area contributed by atoms with E-state index in [1.807, 2.05) is 0 Å². The van der Waals surface area contributed by atoms with Gasteiger partial charge in [-0.05, 0) is 24.3 Å². The van der Waals surface area contributed by atoms with Crippen LogP contribution in [0.3, 0.4) is 0 Å². The van der Waals surface area contributed by atoms with E-state index in [0.29, 0.717) is 17.1 Å². The first-order valence-corrected chi connectivity index (χ1v) is 10.3. The van der Waals surface area contributed by atoms with Crippen molar-refractivity contribution in [3.63, 3.8) is 0 Å². The molecule has 1 aromatic heterocycles. The first-order chi connectivity index (χ1) is 13.4. The van der Waals surface area contributed by atoms with Gasteiger partial charge in [0.15, 0.2) is 11.5 Å². The Bertz CT molecular complexity index is 961. The predicted octanol–water partition coefficient (Wildman–Crippen LogP) is 1.90. The van der Waals surface area contributed by atoms with Gasteiger partial charge in [-0.15, -0.1) is 0 Å². The number of sulfonamides is 1. The summed E-state index contributed by atoms with van der Waals surface area (Å²) in [5.74, 6) is 0.463. The molecule has 2 aromatic rings. The normalized spacial score (nSPS) is 15.3. The number of ether oxygens (including phenoxy) is 2. The van der Waals surface area contributed by atoms with Gasteiger partial charge in [0, 0.05) is 44.1 Å². The smallest absolute Gasteiger partial charge is 0.254 e. The number of hydrogen-bond donors (Lipinski definition) is 0. The average Bonchev–Trinajstić information content (AvgIpc) is 2.73. The number of carbonyl (C=O) groups excluding carboxylic acids is 1. The van der Waals surface area contributed by atoms with Crippen molar-refractivity contribution in [1.29, 1.82) is 0 Å². The molecule has 1 fully saturated rings. The van der Waals surface area contributed by atoms with Crippen LogP contribution in [0, 0.1) is 0 Å². The van der Waals surface area contributed by atoms with Crippen LogP contribution < -0.4 is 9.47 Å². The third-order valence-electron chi connectivity index (χ3n) is 4.48. The second kappa shape index (κ2) is 8.34. The number of piperazine rings is 1. The summed E-state index contributed by atoms with van der Waals surface area (Å²) < 4.78 is 37.1. The molecule has 0 N–H and O–H groups in total. The first kappa shape index (κ1) is 20.4. The Morgan fingerprint density at radius 3 is 2.43 bits per heavy atom. The molecule has 0 spiro atoms. The second-order valence-corrected chi connectivity index (χ2v) is 8.42. The van der Waals surface area contributed by atoms with E-state index >= 15 is 0 Å². The Balaban J connectivity index is 1.73. The molecule has 0 aliphatic carbocycles. The molecule has 2 heterocycles. The maximum Gasteiger partial charge on any atom is 0.254 e. The SMILES string of the molecule is COc1cc(C(=O)N2CCN(S(=O)(=O)c3cccnc3)CC2)cc(Cl)c1OC. The number of rotatable bonds is 5. The molecular formula is C18H20ClN3O5S. The summed E-state index contributed by atoms with van der Waals surface area (Å²) in [6.45, 7) is 0.933. The van der Waals surface area contributed by atoms with E-state index in [4.69, 9.17) is 21.1 Å². The first-order valence-electron chi connectivity index (χ1n) is 8.49. The molecule has 150 valence electrons. The molecule has 0 saturated carbocycles. The van der Waals surface area contributed by atoms with E-state index in [1.165, 1.54) is 43.1 Å². The average molecular weight is 426 g/mol. The Morgan fingerprint density at radius 1 is 1.14 bits per heavy atom. The summed E-state index contributed by atoms with van der Waals surface area (Å²) in [4.78, 5) is 18.4. The Hall–Kier alpha value is -2.36. The topological polar surface area (TPSA) is 89.0 Å². The van der Waals surface area contributed by atoms with Crippen LogP contribution in [0.15, 0.2) is 41.6 Å². The monoisotopic (exact) mass is 425 g/mol. The van der Waals surface area contributed by atoms with Gasteiger partial charge in [0.1, 0.15) is 4.90 Å². The summed E-state index contributed by atoms with van der Waals surface area (Å²) in [6.07, 6.45) is 2.84. The molecule has 3 rings (SSSR count). The van der Waals surface area contributed by atoms with Gasteiger partial charge in [0.05, 0.1) is 19.2 Å². The molecule has 1 aliphatic heterocycles. The highest BCUT2D eigenvalue weighted by molar-refractivity contribution is 7.89. The van der Waals surface area contributed by atoms with Gasteiger partial charge in [-0.3, -0.25) is 9.78 Å². The summed E-state index contributed by atoms with van der Waals surface area (Å²) in [7, 11) is -0.699. The lowest BCUT2D eigenvalue weighted by Crippen LogP contribution is -2.50. The predicted molar refractivity (Wildman–Crippen MR) is 103 cm³/mol. The van der Waals surface area contributed by atoms with Gasteiger partial charge in [0.2, 0.25) is 10.0 Å². The maximum absolute atomic E-state index is 12.8. The second-order valence-electron chi connectivity index (χ2n) is 6.08. The fourth-order valence-electron chi connectivity index (χ4n) is 3.00. The zero-order valence-corrected chi connectivity index (χ0v) is 17.0. The van der Waals surface area contributed by atoms with E-state index in [1.54, 1.807) is 17.0 Å². The number of hydrogen-bond acceptors (Lipinski definition) is 6. The molecule has 1 saturated heterocycles. The van der Waals surface area contributed by atoms with Crippen molar-refractivity contribution in [2.75, 3.05) is 40.4 Å². The van der Waals surface area contributed by atoms with E-state index in [9.17, 15) is 13.2 Å². The highest BCUT2D eigenvalue weighted by Gasteiger charge is 2.31. The highest BCUT2D eigenvalue weighted by atomic mass is 35.5. The molecule has 1 aromatic carbocycles. The molecule has 0 radical (unpaired) electrons. The van der Waals surface area contributed by atoms with Gasteiger partial charge in [-0.1, -0.05) is 11.6 Å². The minimum Gasteiger partial charge on any atom is -0.493 e. The van der Waals surface area contributed by atoms with Crippen LogP contribution in [0.2, 0.25) is 5.02 Å². The lowest BCUT2D eigenvalue weighted by molar-refractivity contribution is 0.0697. The van der Waals surface area contributed by atoms with E-state index in [2.05, 4.69) is 4.98 Å². The molecule has 0 unspecified atom stereocenters. The van der Waals surface area contributed by atoms with Gasteiger partial charge >= 0.3 is 0 Å². The van der Waals surface area contributed by atoms with Crippen LogP contribution in [0.5, 0.6) is 11.5 Å². The number of pyridine rings is 1. The number of aromatic nitrogens is 1. The molecule has 1 amide bonds. The lowest BCUT2D eigenvalue weighted by atomic mass is 10.1. The number of nitrogens with zero attached hydrogens (tertiary/aromatic N) is 3. The molecule has 8 nitrogen and oxygen atoms in total. The molecule has 0 bridgehead atoms. The Morgan fingerprint density at radius 2 is 1.86 bits per heavy atom. The highest BCUT2D eigenvalue weighted by Crippen LogP contribution is 2.36. The van der Waals surface area contributed by atoms with E-state index < -0.39 is 10.0 Å². The minimum absolute atomic E-state index is 0.140. The number of benzene rings is 1. The molecular weight excluding hydrogens is 406 g/mol. The zero-order chi connectivity index (χ0) is 20.3. The van der Waals surface area contributed by atoms with Crippen LogP contribution in [-0.4, -0.2) is 68.9 Å². The van der Waals surface area contributed by atoms with Gasteiger partial charge in [-0.25, -0.2) is 8.42 Å². The van der Waals surface area contributed by atoms with E-state index in [-0.39, 0.29) is 42.0 Å². The van der Waals surface area contributed by atoms with Crippen molar-refractivity contribution in [2.45, 2.75) is 4.90 Å². The Labute approximate surface area is 168 Å². The number of methoxy groups -OCH3 is 2. The summed E-state index contributed by atoms with van der Waals surface area (Å²) >= 11 is 6.18. The van der Waals surface area contributed by atoms with E-state index in [0.717, 1.165) is 0 Å². The number of halogens is 1. The third kappa shape index (κ3) is 3.91. The standard InChI is InChI=1S/C18H20ClN3O5S/c1-26-16-11-13(10-15(19)17(16)27-2)18(23)21-6-8-22(9-7-21)28(24,25)14-4-3-5-20-12-14/h3-5,10-12H,6-9H2,1-2H3. The van der Waals surface area contributed by atoms with Crippen molar-refractivity contribution >= 4 is 27.5 Å². The van der Waals surface area contributed by atoms with Crippen molar-refractivity contribution in [3.05, 3.63) is 47.2 Å². The summed E-state index contributed by atoms with van der Waals surface area (Å²) in [5, 5.41) is 0.267.